The molecule has 0 aliphatic carbocycles. The summed E-state index contributed by atoms with van der Waals surface area (Å²) in [5.74, 6) is -0.217. The number of halogens is 1. The van der Waals surface area contributed by atoms with Crippen molar-refractivity contribution in [1.82, 2.24) is 0 Å². The van der Waals surface area contributed by atoms with Crippen molar-refractivity contribution in [2.75, 3.05) is 25.1 Å². The summed E-state index contributed by atoms with van der Waals surface area (Å²) < 4.78 is 19.6. The molecule has 4 heteroatoms. The Morgan fingerprint density at radius 2 is 2.33 bits per heavy atom. The van der Waals surface area contributed by atoms with E-state index in [1.165, 1.54) is 6.07 Å². The molecule has 2 rings (SSSR count). The first kappa shape index (κ1) is 13.3. The lowest BCUT2D eigenvalue weighted by Gasteiger charge is -2.26. The Hall–Kier alpha value is -1.13. The zero-order valence-corrected chi connectivity index (χ0v) is 11.0. The average molecular weight is 252 g/mol. The van der Waals surface area contributed by atoms with Crippen LogP contribution in [0.15, 0.2) is 18.2 Å². The molecule has 3 nitrogen and oxygen atoms in total. The van der Waals surface area contributed by atoms with Gasteiger partial charge in [0.25, 0.3) is 0 Å². The van der Waals surface area contributed by atoms with E-state index in [1.807, 2.05) is 24.9 Å². The fourth-order valence-electron chi connectivity index (χ4n) is 2.49. The van der Waals surface area contributed by atoms with Crippen LogP contribution in [0.25, 0.3) is 0 Å². The van der Waals surface area contributed by atoms with Gasteiger partial charge >= 0.3 is 0 Å². The fraction of sp³-hybridized carbons (Fsp3) is 0.571. The standard InChI is InChI=1S/C14H21FN2O/c1-10(16)12-6-3-7-13(15)14(12)17(2)9-11-5-4-8-18-11/h3,6-7,10-11H,4-5,8-9,16H2,1-2H3/t10-,11?/m0/s1. The summed E-state index contributed by atoms with van der Waals surface area (Å²) in [5.41, 5.74) is 7.35. The molecule has 0 amide bonds. The van der Waals surface area contributed by atoms with Gasteiger partial charge < -0.3 is 15.4 Å². The van der Waals surface area contributed by atoms with Gasteiger partial charge in [0.2, 0.25) is 0 Å². The normalized spacial score (nSPS) is 21.0. The van der Waals surface area contributed by atoms with E-state index in [9.17, 15) is 4.39 Å². The molecular formula is C14H21FN2O. The highest BCUT2D eigenvalue weighted by molar-refractivity contribution is 5.55. The number of para-hydroxylation sites is 1. The van der Waals surface area contributed by atoms with Crippen LogP contribution in [0.1, 0.15) is 31.4 Å². The quantitative estimate of drug-likeness (QED) is 0.894. The molecule has 0 aromatic heterocycles. The molecule has 1 aromatic carbocycles. The van der Waals surface area contributed by atoms with Gasteiger partial charge in [0.05, 0.1) is 11.8 Å². The van der Waals surface area contributed by atoms with E-state index >= 15 is 0 Å². The second-order valence-corrected chi connectivity index (χ2v) is 4.98. The van der Waals surface area contributed by atoms with Gasteiger partial charge in [0.1, 0.15) is 5.82 Å². The summed E-state index contributed by atoms with van der Waals surface area (Å²) in [6.45, 7) is 3.40. The van der Waals surface area contributed by atoms with Crippen molar-refractivity contribution in [3.05, 3.63) is 29.6 Å². The Bertz CT molecular complexity index is 403. The lowest BCUT2D eigenvalue weighted by molar-refractivity contribution is 0.116. The molecule has 1 saturated heterocycles. The predicted octanol–water partition coefficient (Wildman–Crippen LogP) is 2.46. The first-order valence-corrected chi connectivity index (χ1v) is 6.46. The van der Waals surface area contributed by atoms with E-state index in [-0.39, 0.29) is 18.0 Å². The van der Waals surface area contributed by atoms with Crippen LogP contribution >= 0.6 is 0 Å². The van der Waals surface area contributed by atoms with E-state index in [2.05, 4.69) is 0 Å². The number of rotatable bonds is 4. The van der Waals surface area contributed by atoms with Gasteiger partial charge in [-0.05, 0) is 31.4 Å². The van der Waals surface area contributed by atoms with Crippen molar-refractivity contribution in [3.63, 3.8) is 0 Å². The first-order chi connectivity index (χ1) is 8.59. The highest BCUT2D eigenvalue weighted by atomic mass is 19.1. The van der Waals surface area contributed by atoms with Crippen LogP contribution in [-0.4, -0.2) is 26.3 Å². The summed E-state index contributed by atoms with van der Waals surface area (Å²) in [6.07, 6.45) is 2.35. The number of benzene rings is 1. The molecule has 0 bridgehead atoms. The molecule has 1 fully saturated rings. The molecule has 0 spiro atoms. The second kappa shape index (κ2) is 5.67. The van der Waals surface area contributed by atoms with Crippen molar-refractivity contribution >= 4 is 5.69 Å². The fourth-order valence-corrected chi connectivity index (χ4v) is 2.49. The molecule has 0 saturated carbocycles. The number of nitrogens with zero attached hydrogens (tertiary/aromatic N) is 1. The summed E-state index contributed by atoms with van der Waals surface area (Å²) in [6, 6.07) is 4.89. The summed E-state index contributed by atoms with van der Waals surface area (Å²) >= 11 is 0. The van der Waals surface area contributed by atoms with Crippen molar-refractivity contribution in [2.45, 2.75) is 31.9 Å². The monoisotopic (exact) mass is 252 g/mol. The average Bonchev–Trinajstić information content (AvgIpc) is 2.81. The van der Waals surface area contributed by atoms with Crippen molar-refractivity contribution in [1.29, 1.82) is 0 Å². The van der Waals surface area contributed by atoms with Gasteiger partial charge in [-0.15, -0.1) is 0 Å². The molecule has 1 aromatic rings. The zero-order valence-electron chi connectivity index (χ0n) is 11.0. The summed E-state index contributed by atoms with van der Waals surface area (Å²) in [7, 11) is 1.89. The highest BCUT2D eigenvalue weighted by Crippen LogP contribution is 2.28. The molecule has 1 aliphatic rings. The van der Waals surface area contributed by atoms with Gasteiger partial charge in [0.15, 0.2) is 0 Å². The summed E-state index contributed by atoms with van der Waals surface area (Å²) in [5, 5.41) is 0. The summed E-state index contributed by atoms with van der Waals surface area (Å²) in [4.78, 5) is 1.92. The van der Waals surface area contributed by atoms with E-state index in [4.69, 9.17) is 10.5 Å². The molecule has 0 radical (unpaired) electrons. The maximum absolute atomic E-state index is 14.0. The number of hydrogen-bond acceptors (Lipinski definition) is 3. The van der Waals surface area contributed by atoms with E-state index in [1.54, 1.807) is 6.07 Å². The number of anilines is 1. The van der Waals surface area contributed by atoms with Gasteiger partial charge in [-0.1, -0.05) is 12.1 Å². The van der Waals surface area contributed by atoms with E-state index in [0.29, 0.717) is 12.2 Å². The lowest BCUT2D eigenvalue weighted by atomic mass is 10.1. The van der Waals surface area contributed by atoms with Crippen LogP contribution in [0.4, 0.5) is 10.1 Å². The molecule has 18 heavy (non-hydrogen) atoms. The predicted molar refractivity (Wildman–Crippen MR) is 71.2 cm³/mol. The van der Waals surface area contributed by atoms with Crippen LogP contribution in [0.2, 0.25) is 0 Å². The minimum Gasteiger partial charge on any atom is -0.376 e. The minimum atomic E-state index is -0.217. The molecule has 1 heterocycles. The van der Waals surface area contributed by atoms with Gasteiger partial charge in [-0.25, -0.2) is 4.39 Å². The smallest absolute Gasteiger partial charge is 0.146 e. The molecule has 2 N–H and O–H groups in total. The first-order valence-electron chi connectivity index (χ1n) is 6.46. The van der Waals surface area contributed by atoms with Crippen molar-refractivity contribution in [2.24, 2.45) is 5.73 Å². The number of nitrogens with two attached hydrogens (primary N) is 1. The number of hydrogen-bond donors (Lipinski definition) is 1. The van der Waals surface area contributed by atoms with Crippen LogP contribution in [0.3, 0.4) is 0 Å². The molecule has 1 unspecified atom stereocenters. The molecule has 2 atom stereocenters. The third kappa shape index (κ3) is 2.82. The Balaban J connectivity index is 2.19. The maximum Gasteiger partial charge on any atom is 0.146 e. The van der Waals surface area contributed by atoms with Crippen molar-refractivity contribution in [3.8, 4) is 0 Å². The zero-order chi connectivity index (χ0) is 13.1. The lowest BCUT2D eigenvalue weighted by Crippen LogP contribution is -2.30. The van der Waals surface area contributed by atoms with Crippen molar-refractivity contribution < 1.29 is 9.13 Å². The van der Waals surface area contributed by atoms with Crippen LogP contribution in [-0.2, 0) is 4.74 Å². The third-order valence-electron chi connectivity index (χ3n) is 3.39. The van der Waals surface area contributed by atoms with E-state index in [0.717, 1.165) is 25.0 Å². The highest BCUT2D eigenvalue weighted by Gasteiger charge is 2.21. The SMILES string of the molecule is C[C@H](N)c1cccc(F)c1N(C)CC1CCCO1. The molecular weight excluding hydrogens is 231 g/mol. The molecule has 1 aliphatic heterocycles. The largest absolute Gasteiger partial charge is 0.376 e. The molecule has 100 valence electrons. The maximum atomic E-state index is 14.0. The van der Waals surface area contributed by atoms with E-state index < -0.39 is 0 Å². The van der Waals surface area contributed by atoms with Gasteiger partial charge in [0, 0.05) is 26.2 Å². The second-order valence-electron chi connectivity index (χ2n) is 4.98. The van der Waals surface area contributed by atoms with Crippen LogP contribution in [0, 0.1) is 5.82 Å². The Kier molecular flexibility index (Phi) is 4.19. The number of likely N-dealkylation sites (N-methyl/N-ethyl adjacent to an activating group) is 1. The third-order valence-corrected chi connectivity index (χ3v) is 3.39. The van der Waals surface area contributed by atoms with Crippen LogP contribution in [0.5, 0.6) is 0 Å². The van der Waals surface area contributed by atoms with Gasteiger partial charge in [-0.2, -0.15) is 0 Å². The minimum absolute atomic E-state index is 0.178. The number of ether oxygens (including phenoxy) is 1. The van der Waals surface area contributed by atoms with Crippen LogP contribution < -0.4 is 10.6 Å². The Morgan fingerprint density at radius 3 is 2.94 bits per heavy atom. The topological polar surface area (TPSA) is 38.5 Å². The Morgan fingerprint density at radius 1 is 1.56 bits per heavy atom. The van der Waals surface area contributed by atoms with Gasteiger partial charge in [-0.3, -0.25) is 0 Å². The Labute approximate surface area is 108 Å².